The molecule has 0 bridgehead atoms. The molecule has 2 heterocycles. The number of anilines is 2. The van der Waals surface area contributed by atoms with Gasteiger partial charge in [-0.15, -0.1) is 0 Å². The van der Waals surface area contributed by atoms with Crippen molar-refractivity contribution in [3.63, 3.8) is 0 Å². The Bertz CT molecular complexity index is 992. The fourth-order valence-electron chi connectivity index (χ4n) is 3.12. The Morgan fingerprint density at radius 3 is 2.67 bits per heavy atom. The second-order valence-electron chi connectivity index (χ2n) is 6.26. The van der Waals surface area contributed by atoms with Crippen LogP contribution in [0, 0.1) is 0 Å². The van der Waals surface area contributed by atoms with E-state index in [0.29, 0.717) is 18.0 Å². The number of furan rings is 1. The van der Waals surface area contributed by atoms with Crippen LogP contribution in [0.5, 0.6) is 0 Å². The molecular formula is C22H18N2O3. The molecular weight excluding hydrogens is 340 g/mol. The summed E-state index contributed by atoms with van der Waals surface area (Å²) in [7, 11) is 0. The SMILES string of the molecule is O=C(/C=C/c1ccccc1)Nc1ccc2c(c1)N(C(=O)c1ccco1)CC2. The van der Waals surface area contributed by atoms with Crippen LogP contribution in [0.25, 0.3) is 6.08 Å². The van der Waals surface area contributed by atoms with E-state index in [-0.39, 0.29) is 11.8 Å². The van der Waals surface area contributed by atoms with Crippen LogP contribution in [-0.4, -0.2) is 18.4 Å². The first-order chi connectivity index (χ1) is 13.2. The van der Waals surface area contributed by atoms with Gasteiger partial charge in [-0.25, -0.2) is 0 Å². The molecule has 2 aromatic carbocycles. The molecule has 0 radical (unpaired) electrons. The minimum absolute atomic E-state index is 0.175. The number of fused-ring (bicyclic) bond motifs is 1. The van der Waals surface area contributed by atoms with E-state index in [1.165, 1.54) is 12.3 Å². The van der Waals surface area contributed by atoms with Crippen LogP contribution in [0.1, 0.15) is 21.7 Å². The number of carbonyl (C=O) groups excluding carboxylic acids is 2. The van der Waals surface area contributed by atoms with Crippen molar-refractivity contribution in [2.45, 2.75) is 6.42 Å². The Balaban J connectivity index is 1.49. The molecule has 4 rings (SSSR count). The molecule has 27 heavy (non-hydrogen) atoms. The molecule has 2 amide bonds. The summed E-state index contributed by atoms with van der Waals surface area (Å²) >= 11 is 0. The van der Waals surface area contributed by atoms with Crippen molar-refractivity contribution in [1.29, 1.82) is 0 Å². The van der Waals surface area contributed by atoms with E-state index in [2.05, 4.69) is 5.32 Å². The number of benzene rings is 2. The second-order valence-corrected chi connectivity index (χ2v) is 6.26. The molecule has 134 valence electrons. The van der Waals surface area contributed by atoms with Crippen LogP contribution >= 0.6 is 0 Å². The maximum Gasteiger partial charge on any atom is 0.293 e. The molecule has 0 atom stereocenters. The molecule has 1 aliphatic heterocycles. The van der Waals surface area contributed by atoms with Gasteiger partial charge in [0.15, 0.2) is 5.76 Å². The van der Waals surface area contributed by atoms with Crippen molar-refractivity contribution in [3.05, 3.63) is 89.9 Å². The first-order valence-corrected chi connectivity index (χ1v) is 8.73. The Kier molecular flexibility index (Phi) is 4.58. The van der Waals surface area contributed by atoms with Gasteiger partial charge < -0.3 is 14.6 Å². The zero-order valence-electron chi connectivity index (χ0n) is 14.6. The predicted molar refractivity (Wildman–Crippen MR) is 105 cm³/mol. The van der Waals surface area contributed by atoms with Crippen LogP contribution in [-0.2, 0) is 11.2 Å². The Labute approximate surface area is 156 Å². The van der Waals surface area contributed by atoms with E-state index >= 15 is 0 Å². The summed E-state index contributed by atoms with van der Waals surface area (Å²) in [5.41, 5.74) is 3.49. The van der Waals surface area contributed by atoms with Gasteiger partial charge >= 0.3 is 0 Å². The number of hydrogen-bond acceptors (Lipinski definition) is 3. The molecule has 0 aliphatic carbocycles. The molecule has 0 fully saturated rings. The summed E-state index contributed by atoms with van der Waals surface area (Å²) in [5, 5.41) is 2.85. The molecule has 0 unspecified atom stereocenters. The summed E-state index contributed by atoms with van der Waals surface area (Å²) in [6, 6.07) is 18.6. The third-order valence-corrected chi connectivity index (χ3v) is 4.45. The number of rotatable bonds is 4. The van der Waals surface area contributed by atoms with Crippen LogP contribution in [0.2, 0.25) is 0 Å². The maximum absolute atomic E-state index is 12.6. The lowest BCUT2D eigenvalue weighted by molar-refractivity contribution is -0.111. The van der Waals surface area contributed by atoms with Gasteiger partial charge in [-0.05, 0) is 47.9 Å². The highest BCUT2D eigenvalue weighted by molar-refractivity contribution is 6.06. The van der Waals surface area contributed by atoms with Gasteiger partial charge in [0.25, 0.3) is 5.91 Å². The quantitative estimate of drug-likeness (QED) is 0.713. The molecule has 1 N–H and O–H groups in total. The van der Waals surface area contributed by atoms with Gasteiger partial charge in [-0.2, -0.15) is 0 Å². The number of amides is 2. The van der Waals surface area contributed by atoms with Crippen LogP contribution in [0.3, 0.4) is 0 Å². The molecule has 5 heteroatoms. The summed E-state index contributed by atoms with van der Waals surface area (Å²) in [6.07, 6.45) is 5.52. The first kappa shape index (κ1) is 16.8. The Morgan fingerprint density at radius 1 is 1.04 bits per heavy atom. The van der Waals surface area contributed by atoms with Gasteiger partial charge in [0.1, 0.15) is 0 Å². The Morgan fingerprint density at radius 2 is 1.89 bits per heavy atom. The molecule has 0 saturated carbocycles. The smallest absolute Gasteiger partial charge is 0.293 e. The summed E-state index contributed by atoms with van der Waals surface area (Å²) < 4.78 is 5.22. The van der Waals surface area contributed by atoms with Gasteiger partial charge in [0.2, 0.25) is 5.91 Å². The fourth-order valence-corrected chi connectivity index (χ4v) is 3.12. The third-order valence-electron chi connectivity index (χ3n) is 4.45. The number of hydrogen-bond donors (Lipinski definition) is 1. The number of carbonyl (C=O) groups is 2. The van der Waals surface area contributed by atoms with Crippen molar-refractivity contribution in [2.24, 2.45) is 0 Å². The lowest BCUT2D eigenvalue weighted by Crippen LogP contribution is -2.28. The van der Waals surface area contributed by atoms with E-state index in [1.807, 2.05) is 48.5 Å². The maximum atomic E-state index is 12.6. The van der Waals surface area contributed by atoms with Gasteiger partial charge in [0, 0.05) is 24.0 Å². The van der Waals surface area contributed by atoms with Crippen molar-refractivity contribution in [1.82, 2.24) is 0 Å². The minimum atomic E-state index is -0.222. The van der Waals surface area contributed by atoms with Crippen molar-refractivity contribution >= 4 is 29.3 Å². The van der Waals surface area contributed by atoms with E-state index in [1.54, 1.807) is 23.1 Å². The van der Waals surface area contributed by atoms with Crippen LogP contribution < -0.4 is 10.2 Å². The normalized spacial score (nSPS) is 13.0. The van der Waals surface area contributed by atoms with Crippen molar-refractivity contribution in [3.8, 4) is 0 Å². The van der Waals surface area contributed by atoms with Crippen LogP contribution in [0.4, 0.5) is 11.4 Å². The molecule has 0 spiro atoms. The summed E-state index contributed by atoms with van der Waals surface area (Å²) in [6.45, 7) is 0.597. The van der Waals surface area contributed by atoms with E-state index in [0.717, 1.165) is 23.2 Å². The van der Waals surface area contributed by atoms with Crippen LogP contribution in [0.15, 0.2) is 77.4 Å². The van der Waals surface area contributed by atoms with E-state index < -0.39 is 0 Å². The summed E-state index contributed by atoms with van der Waals surface area (Å²) in [5.74, 6) is -0.0880. The summed E-state index contributed by atoms with van der Waals surface area (Å²) in [4.78, 5) is 26.5. The molecule has 3 aromatic rings. The second kappa shape index (κ2) is 7.33. The zero-order valence-corrected chi connectivity index (χ0v) is 14.6. The lowest BCUT2D eigenvalue weighted by Gasteiger charge is -2.16. The Hall–Kier alpha value is -3.60. The molecule has 0 saturated heterocycles. The third kappa shape index (κ3) is 3.67. The van der Waals surface area contributed by atoms with Gasteiger partial charge in [0.05, 0.1) is 6.26 Å². The standard InChI is InChI=1S/C22H18N2O3/c25-21(11-8-16-5-2-1-3-6-16)23-18-10-9-17-12-13-24(19(17)15-18)22(26)20-7-4-14-27-20/h1-11,14-15H,12-13H2,(H,23,25)/b11-8+. The van der Waals surface area contributed by atoms with Gasteiger partial charge in [-0.3, -0.25) is 9.59 Å². The monoisotopic (exact) mass is 358 g/mol. The average Bonchev–Trinajstić information content (AvgIpc) is 3.36. The predicted octanol–water partition coefficient (Wildman–Crippen LogP) is 4.13. The number of nitrogens with one attached hydrogen (secondary N) is 1. The molecule has 5 nitrogen and oxygen atoms in total. The lowest BCUT2D eigenvalue weighted by atomic mass is 10.1. The fraction of sp³-hybridized carbons (Fsp3) is 0.0909. The molecule has 1 aromatic heterocycles. The van der Waals surface area contributed by atoms with Crippen molar-refractivity contribution < 1.29 is 14.0 Å². The minimum Gasteiger partial charge on any atom is -0.459 e. The average molecular weight is 358 g/mol. The first-order valence-electron chi connectivity index (χ1n) is 8.73. The van der Waals surface area contributed by atoms with E-state index in [4.69, 9.17) is 4.42 Å². The highest BCUT2D eigenvalue weighted by Crippen LogP contribution is 2.32. The highest BCUT2D eigenvalue weighted by Gasteiger charge is 2.27. The van der Waals surface area contributed by atoms with Gasteiger partial charge in [-0.1, -0.05) is 36.4 Å². The zero-order chi connectivity index (χ0) is 18.6. The number of nitrogens with zero attached hydrogens (tertiary/aromatic N) is 1. The highest BCUT2D eigenvalue weighted by atomic mass is 16.3. The van der Waals surface area contributed by atoms with E-state index in [9.17, 15) is 9.59 Å². The van der Waals surface area contributed by atoms with Crippen molar-refractivity contribution in [2.75, 3.05) is 16.8 Å². The largest absolute Gasteiger partial charge is 0.459 e. The topological polar surface area (TPSA) is 62.6 Å². The molecule has 1 aliphatic rings.